The first-order chi connectivity index (χ1) is 12.2. The average molecular weight is 341 g/mol. The molecule has 0 saturated carbocycles. The van der Waals surface area contributed by atoms with Gasteiger partial charge in [0.25, 0.3) is 0 Å². The van der Waals surface area contributed by atoms with Gasteiger partial charge in [-0.1, -0.05) is 0 Å². The number of rotatable bonds is 6. The summed E-state index contributed by atoms with van der Waals surface area (Å²) in [5, 5.41) is 2.88. The second-order valence-corrected chi connectivity index (χ2v) is 6.00. The van der Waals surface area contributed by atoms with Crippen LogP contribution in [0.1, 0.15) is 18.4 Å². The lowest BCUT2D eigenvalue weighted by molar-refractivity contribution is -0.115. The van der Waals surface area contributed by atoms with Crippen LogP contribution in [-0.4, -0.2) is 38.2 Å². The molecule has 1 N–H and O–H groups in total. The zero-order valence-corrected chi connectivity index (χ0v) is 14.6. The van der Waals surface area contributed by atoms with E-state index in [0.29, 0.717) is 17.2 Å². The first-order valence-electron chi connectivity index (χ1n) is 8.41. The maximum absolute atomic E-state index is 12.3. The lowest BCUT2D eigenvalue weighted by atomic mass is 10.1. The normalized spacial score (nSPS) is 13.6. The summed E-state index contributed by atoms with van der Waals surface area (Å²) < 4.78 is 10.5. The van der Waals surface area contributed by atoms with Crippen molar-refractivity contribution in [1.29, 1.82) is 0 Å². The predicted octanol–water partition coefficient (Wildman–Crippen LogP) is 2.88. The van der Waals surface area contributed by atoms with Gasteiger partial charge in [0.05, 0.1) is 32.5 Å². The molecule has 3 rings (SSSR count). The largest absolute Gasteiger partial charge is 0.497 e. The quantitative estimate of drug-likeness (QED) is 0.875. The van der Waals surface area contributed by atoms with Gasteiger partial charge >= 0.3 is 0 Å². The zero-order valence-electron chi connectivity index (χ0n) is 14.6. The molecule has 0 bridgehead atoms. The molecule has 0 unspecified atom stereocenters. The van der Waals surface area contributed by atoms with Crippen molar-refractivity contribution in [3.63, 3.8) is 0 Å². The van der Waals surface area contributed by atoms with E-state index in [4.69, 9.17) is 9.47 Å². The van der Waals surface area contributed by atoms with Gasteiger partial charge in [0.2, 0.25) is 5.91 Å². The van der Waals surface area contributed by atoms with Gasteiger partial charge in [-0.25, -0.2) is 4.98 Å². The van der Waals surface area contributed by atoms with Crippen LogP contribution in [0.15, 0.2) is 36.5 Å². The molecule has 6 nitrogen and oxygen atoms in total. The van der Waals surface area contributed by atoms with E-state index in [1.807, 2.05) is 18.2 Å². The number of nitrogens with zero attached hydrogens (tertiary/aromatic N) is 2. The first kappa shape index (κ1) is 17.1. The Hall–Kier alpha value is -2.76. The number of methoxy groups -OCH3 is 2. The second kappa shape index (κ2) is 7.88. The summed E-state index contributed by atoms with van der Waals surface area (Å²) in [6, 6.07) is 9.26. The molecule has 2 heterocycles. The summed E-state index contributed by atoms with van der Waals surface area (Å²) in [7, 11) is 3.18. The average Bonchev–Trinajstić information content (AvgIpc) is 3.17. The number of amides is 1. The number of pyridine rings is 1. The summed E-state index contributed by atoms with van der Waals surface area (Å²) >= 11 is 0. The van der Waals surface area contributed by atoms with Crippen LogP contribution in [0.5, 0.6) is 11.5 Å². The third-order valence-electron chi connectivity index (χ3n) is 4.30. The molecular weight excluding hydrogens is 318 g/mol. The number of aromatic nitrogens is 1. The molecule has 2 aromatic rings. The Bertz CT molecular complexity index is 725. The Morgan fingerprint density at radius 3 is 2.60 bits per heavy atom. The van der Waals surface area contributed by atoms with Crippen molar-refractivity contribution in [2.45, 2.75) is 19.3 Å². The number of ether oxygens (including phenoxy) is 2. The van der Waals surface area contributed by atoms with Gasteiger partial charge < -0.3 is 19.7 Å². The third-order valence-corrected chi connectivity index (χ3v) is 4.30. The summed E-state index contributed by atoms with van der Waals surface area (Å²) in [6.07, 6.45) is 4.33. The molecule has 1 aliphatic rings. The van der Waals surface area contributed by atoms with Crippen molar-refractivity contribution >= 4 is 17.4 Å². The molecule has 1 amide bonds. The van der Waals surface area contributed by atoms with E-state index in [1.54, 1.807) is 32.5 Å². The Balaban J connectivity index is 1.64. The van der Waals surface area contributed by atoms with Gasteiger partial charge in [-0.15, -0.1) is 0 Å². The van der Waals surface area contributed by atoms with E-state index < -0.39 is 0 Å². The lowest BCUT2D eigenvalue weighted by Gasteiger charge is -2.16. The summed E-state index contributed by atoms with van der Waals surface area (Å²) in [6.45, 7) is 2.10. The van der Waals surface area contributed by atoms with Gasteiger partial charge in [0, 0.05) is 18.7 Å². The van der Waals surface area contributed by atoms with E-state index in [9.17, 15) is 4.79 Å². The SMILES string of the molecule is COc1ccc(OC)c(CC(=O)Nc2ccc(N3CCCC3)nc2)c1. The van der Waals surface area contributed by atoms with Crippen molar-refractivity contribution < 1.29 is 14.3 Å². The maximum atomic E-state index is 12.3. The maximum Gasteiger partial charge on any atom is 0.228 e. The molecule has 6 heteroatoms. The van der Waals surface area contributed by atoms with E-state index >= 15 is 0 Å². The Morgan fingerprint density at radius 1 is 1.16 bits per heavy atom. The fraction of sp³-hybridized carbons (Fsp3) is 0.368. The van der Waals surface area contributed by atoms with E-state index in [0.717, 1.165) is 24.5 Å². The molecule has 1 saturated heterocycles. The Labute approximate surface area is 147 Å². The fourth-order valence-corrected chi connectivity index (χ4v) is 2.99. The number of carbonyl (C=O) groups is 1. The van der Waals surface area contributed by atoms with Crippen LogP contribution < -0.4 is 19.7 Å². The van der Waals surface area contributed by atoms with Crippen LogP contribution in [0.25, 0.3) is 0 Å². The van der Waals surface area contributed by atoms with Gasteiger partial charge in [-0.2, -0.15) is 0 Å². The number of carbonyl (C=O) groups excluding carboxylic acids is 1. The van der Waals surface area contributed by atoms with Gasteiger partial charge in [-0.3, -0.25) is 4.79 Å². The van der Waals surface area contributed by atoms with Crippen LogP contribution in [0.4, 0.5) is 11.5 Å². The van der Waals surface area contributed by atoms with Crippen molar-refractivity contribution in [3.05, 3.63) is 42.1 Å². The second-order valence-electron chi connectivity index (χ2n) is 6.00. The Kier molecular flexibility index (Phi) is 5.38. The van der Waals surface area contributed by atoms with Crippen molar-refractivity contribution in [1.82, 2.24) is 4.98 Å². The van der Waals surface area contributed by atoms with Crippen LogP contribution in [0.2, 0.25) is 0 Å². The predicted molar refractivity (Wildman–Crippen MR) is 97.6 cm³/mol. The van der Waals surface area contributed by atoms with Crippen LogP contribution >= 0.6 is 0 Å². The lowest BCUT2D eigenvalue weighted by Crippen LogP contribution is -2.19. The highest BCUT2D eigenvalue weighted by Gasteiger charge is 2.14. The van der Waals surface area contributed by atoms with Crippen LogP contribution in [0, 0.1) is 0 Å². The highest BCUT2D eigenvalue weighted by atomic mass is 16.5. The number of benzene rings is 1. The van der Waals surface area contributed by atoms with Crippen molar-refractivity contribution in [2.24, 2.45) is 0 Å². The smallest absolute Gasteiger partial charge is 0.228 e. The minimum atomic E-state index is -0.123. The van der Waals surface area contributed by atoms with Gasteiger partial charge in [-0.05, 0) is 43.2 Å². The van der Waals surface area contributed by atoms with E-state index in [-0.39, 0.29) is 12.3 Å². The van der Waals surface area contributed by atoms with Gasteiger partial charge in [0.1, 0.15) is 17.3 Å². The van der Waals surface area contributed by atoms with Crippen molar-refractivity contribution in [3.8, 4) is 11.5 Å². The van der Waals surface area contributed by atoms with Crippen molar-refractivity contribution in [2.75, 3.05) is 37.5 Å². The minimum Gasteiger partial charge on any atom is -0.497 e. The monoisotopic (exact) mass is 341 g/mol. The van der Waals surface area contributed by atoms with Crippen LogP contribution in [-0.2, 0) is 11.2 Å². The molecular formula is C19H23N3O3. The Morgan fingerprint density at radius 2 is 1.96 bits per heavy atom. The summed E-state index contributed by atoms with van der Waals surface area (Å²) in [5.41, 5.74) is 1.47. The molecule has 0 radical (unpaired) electrons. The van der Waals surface area contributed by atoms with E-state index in [2.05, 4.69) is 15.2 Å². The molecule has 1 aromatic heterocycles. The minimum absolute atomic E-state index is 0.123. The first-order valence-corrected chi connectivity index (χ1v) is 8.41. The molecule has 1 aliphatic heterocycles. The fourth-order valence-electron chi connectivity index (χ4n) is 2.99. The molecule has 0 spiro atoms. The standard InChI is InChI=1S/C19H23N3O3/c1-24-16-6-7-17(25-2)14(11-16)12-19(23)21-15-5-8-18(20-13-15)22-9-3-4-10-22/h5-8,11,13H,3-4,9-10,12H2,1-2H3,(H,21,23). The zero-order chi connectivity index (χ0) is 17.6. The molecule has 0 aliphatic carbocycles. The molecule has 25 heavy (non-hydrogen) atoms. The highest BCUT2D eigenvalue weighted by molar-refractivity contribution is 5.92. The number of nitrogens with one attached hydrogen (secondary N) is 1. The van der Waals surface area contributed by atoms with Gasteiger partial charge in [0.15, 0.2) is 0 Å². The van der Waals surface area contributed by atoms with E-state index in [1.165, 1.54) is 12.8 Å². The third kappa shape index (κ3) is 4.21. The number of hydrogen-bond donors (Lipinski definition) is 1. The topological polar surface area (TPSA) is 63.7 Å². The number of hydrogen-bond acceptors (Lipinski definition) is 5. The summed E-state index contributed by atoms with van der Waals surface area (Å²) in [4.78, 5) is 19.1. The molecule has 1 fully saturated rings. The van der Waals surface area contributed by atoms with Crippen LogP contribution in [0.3, 0.4) is 0 Å². The number of anilines is 2. The summed E-state index contributed by atoms with van der Waals surface area (Å²) in [5.74, 6) is 2.20. The molecule has 0 atom stereocenters. The molecule has 132 valence electrons. The highest BCUT2D eigenvalue weighted by Crippen LogP contribution is 2.25. The molecule has 1 aromatic carbocycles.